The lowest BCUT2D eigenvalue weighted by atomic mass is 9.83. The van der Waals surface area contributed by atoms with E-state index in [4.69, 9.17) is 0 Å². The Morgan fingerprint density at radius 2 is 1.88 bits per heavy atom. The van der Waals surface area contributed by atoms with Crippen molar-refractivity contribution in [2.75, 3.05) is 19.6 Å². The van der Waals surface area contributed by atoms with Gasteiger partial charge >= 0.3 is 0 Å². The molecule has 1 aliphatic heterocycles. The van der Waals surface area contributed by atoms with Crippen molar-refractivity contribution in [3.63, 3.8) is 0 Å². The number of carbonyl (C=O) groups is 2. The van der Waals surface area contributed by atoms with Gasteiger partial charge in [-0.2, -0.15) is 0 Å². The normalized spacial score (nSPS) is 20.6. The summed E-state index contributed by atoms with van der Waals surface area (Å²) in [6.45, 7) is 7.94. The molecule has 6 heteroatoms. The second-order valence-electron chi connectivity index (χ2n) is 7.38. The van der Waals surface area contributed by atoms with E-state index in [0.29, 0.717) is 30.2 Å². The highest BCUT2D eigenvalue weighted by Gasteiger charge is 2.36. The smallest absolute Gasteiger partial charge is 0.257 e. The summed E-state index contributed by atoms with van der Waals surface area (Å²) in [5.41, 5.74) is 1.26. The average Bonchev–Trinajstić information content (AvgIpc) is 2.61. The van der Waals surface area contributed by atoms with E-state index in [0.717, 1.165) is 45.1 Å². The molecule has 1 saturated carbocycles. The van der Waals surface area contributed by atoms with Gasteiger partial charge in [-0.15, -0.1) is 0 Å². The molecule has 142 valence electrons. The molecule has 26 heavy (non-hydrogen) atoms. The van der Waals surface area contributed by atoms with Crippen LogP contribution in [0.4, 0.5) is 0 Å². The zero-order valence-electron chi connectivity index (χ0n) is 16.2. The van der Waals surface area contributed by atoms with E-state index in [1.54, 1.807) is 11.1 Å². The Balaban J connectivity index is 1.82. The Hall–Kier alpha value is -1.98. The van der Waals surface area contributed by atoms with Crippen LogP contribution in [0.15, 0.2) is 6.20 Å². The zero-order chi connectivity index (χ0) is 18.7. The Morgan fingerprint density at radius 1 is 1.15 bits per heavy atom. The number of aromatic nitrogens is 2. The van der Waals surface area contributed by atoms with Gasteiger partial charge in [0, 0.05) is 31.7 Å². The first kappa shape index (κ1) is 18.8. The Kier molecular flexibility index (Phi) is 5.89. The van der Waals surface area contributed by atoms with Crippen LogP contribution in [0.3, 0.4) is 0 Å². The number of nitrogens with zero attached hydrogens (tertiary/aromatic N) is 4. The van der Waals surface area contributed by atoms with Gasteiger partial charge in [0.1, 0.15) is 0 Å². The van der Waals surface area contributed by atoms with Gasteiger partial charge in [-0.3, -0.25) is 9.59 Å². The summed E-state index contributed by atoms with van der Waals surface area (Å²) >= 11 is 0. The highest BCUT2D eigenvalue weighted by atomic mass is 16.2. The van der Waals surface area contributed by atoms with Crippen LogP contribution >= 0.6 is 0 Å². The number of piperidine rings is 1. The van der Waals surface area contributed by atoms with Gasteiger partial charge in [0.2, 0.25) is 5.91 Å². The molecule has 6 nitrogen and oxygen atoms in total. The van der Waals surface area contributed by atoms with Gasteiger partial charge in [-0.05, 0) is 52.9 Å². The first-order chi connectivity index (χ1) is 12.6. The summed E-state index contributed by atoms with van der Waals surface area (Å²) in [5.74, 6) is 1.13. The van der Waals surface area contributed by atoms with Crippen LogP contribution in [0.1, 0.15) is 80.3 Å². The van der Waals surface area contributed by atoms with Crippen LogP contribution in [0.25, 0.3) is 0 Å². The minimum atomic E-state index is -0.0480. The summed E-state index contributed by atoms with van der Waals surface area (Å²) in [7, 11) is 0. The van der Waals surface area contributed by atoms with Gasteiger partial charge in [0.05, 0.1) is 17.3 Å². The fourth-order valence-corrected chi connectivity index (χ4v) is 3.89. The van der Waals surface area contributed by atoms with Gasteiger partial charge < -0.3 is 9.80 Å². The van der Waals surface area contributed by atoms with E-state index in [9.17, 15) is 9.59 Å². The lowest BCUT2D eigenvalue weighted by Gasteiger charge is -2.39. The standard InChI is InChI=1S/C20H30N4O2/c1-4-23(5-2)20(26)16-13-21-18(22-14(16)3)17-11-6-7-12-24(17)19(25)15-9-8-10-15/h13,15,17H,4-12H2,1-3H3/t17-/m1/s1. The highest BCUT2D eigenvalue weighted by Crippen LogP contribution is 2.35. The second kappa shape index (κ2) is 8.14. The second-order valence-corrected chi connectivity index (χ2v) is 7.38. The monoisotopic (exact) mass is 358 g/mol. The SMILES string of the molecule is CCN(CC)C(=O)c1cnc([C@H]2CCCCN2C(=O)C2CCC2)nc1C. The van der Waals surface area contributed by atoms with E-state index >= 15 is 0 Å². The molecule has 0 aromatic carbocycles. The molecule has 2 aliphatic rings. The average molecular weight is 358 g/mol. The van der Waals surface area contributed by atoms with Crippen molar-refractivity contribution >= 4 is 11.8 Å². The highest BCUT2D eigenvalue weighted by molar-refractivity contribution is 5.94. The van der Waals surface area contributed by atoms with Crippen molar-refractivity contribution in [2.45, 2.75) is 65.3 Å². The first-order valence-corrected chi connectivity index (χ1v) is 10.00. The zero-order valence-corrected chi connectivity index (χ0v) is 16.2. The molecule has 0 N–H and O–H groups in total. The Morgan fingerprint density at radius 3 is 2.46 bits per heavy atom. The molecule has 2 heterocycles. The Labute approximate surface area is 156 Å². The molecule has 1 aliphatic carbocycles. The fraction of sp³-hybridized carbons (Fsp3) is 0.700. The third-order valence-corrected chi connectivity index (χ3v) is 5.82. The molecule has 2 fully saturated rings. The van der Waals surface area contributed by atoms with Crippen molar-refractivity contribution in [1.29, 1.82) is 0 Å². The molecular weight excluding hydrogens is 328 g/mol. The maximum atomic E-state index is 12.8. The summed E-state index contributed by atoms with van der Waals surface area (Å²) in [5, 5.41) is 0. The van der Waals surface area contributed by atoms with Gasteiger partial charge in [0.15, 0.2) is 5.82 Å². The van der Waals surface area contributed by atoms with E-state index in [-0.39, 0.29) is 23.8 Å². The van der Waals surface area contributed by atoms with Crippen LogP contribution < -0.4 is 0 Å². The number of aryl methyl sites for hydroxylation is 1. The number of likely N-dealkylation sites (tertiary alicyclic amines) is 1. The van der Waals surface area contributed by atoms with Gasteiger partial charge in [-0.25, -0.2) is 9.97 Å². The van der Waals surface area contributed by atoms with Crippen LogP contribution in [0.2, 0.25) is 0 Å². The van der Waals surface area contributed by atoms with E-state index in [2.05, 4.69) is 9.97 Å². The molecule has 3 rings (SSSR count). The van der Waals surface area contributed by atoms with Gasteiger partial charge in [-0.1, -0.05) is 6.42 Å². The van der Waals surface area contributed by atoms with Crippen LogP contribution in [0.5, 0.6) is 0 Å². The molecule has 0 bridgehead atoms. The molecule has 0 radical (unpaired) electrons. The van der Waals surface area contributed by atoms with Crippen LogP contribution in [-0.2, 0) is 4.79 Å². The van der Waals surface area contributed by atoms with Crippen molar-refractivity contribution in [1.82, 2.24) is 19.8 Å². The van der Waals surface area contributed by atoms with Crippen LogP contribution in [-0.4, -0.2) is 51.2 Å². The number of carbonyl (C=O) groups excluding carboxylic acids is 2. The first-order valence-electron chi connectivity index (χ1n) is 10.00. The number of hydrogen-bond donors (Lipinski definition) is 0. The van der Waals surface area contributed by atoms with Crippen molar-refractivity contribution < 1.29 is 9.59 Å². The topological polar surface area (TPSA) is 66.4 Å². The number of rotatable bonds is 5. The van der Waals surface area contributed by atoms with Crippen molar-refractivity contribution in [3.05, 3.63) is 23.3 Å². The molecule has 2 amide bonds. The molecule has 1 aromatic rings. The molecule has 1 saturated heterocycles. The minimum Gasteiger partial charge on any atom is -0.339 e. The fourth-order valence-electron chi connectivity index (χ4n) is 3.89. The molecular formula is C20H30N4O2. The molecule has 1 atom stereocenters. The summed E-state index contributed by atoms with van der Waals surface area (Å²) in [4.78, 5) is 38.3. The largest absolute Gasteiger partial charge is 0.339 e. The van der Waals surface area contributed by atoms with Gasteiger partial charge in [0.25, 0.3) is 5.91 Å². The molecule has 0 unspecified atom stereocenters. The predicted molar refractivity (Wildman–Crippen MR) is 99.7 cm³/mol. The number of amides is 2. The number of hydrogen-bond acceptors (Lipinski definition) is 4. The third kappa shape index (κ3) is 3.60. The van der Waals surface area contributed by atoms with Crippen molar-refractivity contribution in [2.24, 2.45) is 5.92 Å². The Bertz CT molecular complexity index is 668. The molecule has 0 spiro atoms. The molecule has 1 aromatic heterocycles. The summed E-state index contributed by atoms with van der Waals surface area (Å²) < 4.78 is 0. The van der Waals surface area contributed by atoms with E-state index < -0.39 is 0 Å². The lowest BCUT2D eigenvalue weighted by molar-refractivity contribution is -0.142. The maximum Gasteiger partial charge on any atom is 0.257 e. The quantitative estimate of drug-likeness (QED) is 0.811. The lowest BCUT2D eigenvalue weighted by Crippen LogP contribution is -2.44. The van der Waals surface area contributed by atoms with Crippen molar-refractivity contribution in [3.8, 4) is 0 Å². The van der Waals surface area contributed by atoms with Crippen LogP contribution in [0, 0.1) is 12.8 Å². The third-order valence-electron chi connectivity index (χ3n) is 5.82. The predicted octanol–water partition coefficient (Wildman–Crippen LogP) is 3.12. The van der Waals surface area contributed by atoms with E-state index in [1.165, 1.54) is 0 Å². The van der Waals surface area contributed by atoms with E-state index in [1.807, 2.05) is 25.7 Å². The summed E-state index contributed by atoms with van der Waals surface area (Å²) in [6, 6.07) is -0.0480. The summed E-state index contributed by atoms with van der Waals surface area (Å²) in [6.07, 6.45) is 7.87. The minimum absolute atomic E-state index is 0.0231. The maximum absolute atomic E-state index is 12.8.